The highest BCUT2D eigenvalue weighted by atomic mass is 19.4. The average Bonchev–Trinajstić information content (AvgIpc) is 3.09. The molecule has 8 heteroatoms. The van der Waals surface area contributed by atoms with Crippen LogP contribution in [0.2, 0.25) is 0 Å². The summed E-state index contributed by atoms with van der Waals surface area (Å²) in [7, 11) is 0. The summed E-state index contributed by atoms with van der Waals surface area (Å²) in [6.45, 7) is 7.33. The summed E-state index contributed by atoms with van der Waals surface area (Å²) in [6, 6.07) is 11.4. The number of halogens is 3. The molecule has 0 radical (unpaired) electrons. The molecule has 0 saturated heterocycles. The van der Waals surface area contributed by atoms with E-state index in [0.717, 1.165) is 6.07 Å². The molecule has 33 heavy (non-hydrogen) atoms. The number of ketones is 1. The van der Waals surface area contributed by atoms with E-state index in [2.05, 4.69) is 9.97 Å². The Kier molecular flexibility index (Phi) is 6.98. The fraction of sp³-hybridized carbons (Fsp3) is 0.480. The molecule has 0 bridgehead atoms. The summed E-state index contributed by atoms with van der Waals surface area (Å²) in [5, 5.41) is 10.7. The maximum atomic E-state index is 13.2. The van der Waals surface area contributed by atoms with E-state index in [-0.39, 0.29) is 17.9 Å². The lowest BCUT2D eigenvalue weighted by molar-refractivity contribution is -0.141. The van der Waals surface area contributed by atoms with Gasteiger partial charge in [-0.25, -0.2) is 9.97 Å². The minimum atomic E-state index is -4.53. The summed E-state index contributed by atoms with van der Waals surface area (Å²) < 4.78 is 41.2. The van der Waals surface area contributed by atoms with Gasteiger partial charge < -0.3 is 9.67 Å². The van der Waals surface area contributed by atoms with Gasteiger partial charge in [-0.1, -0.05) is 30.3 Å². The Labute approximate surface area is 191 Å². The topological polar surface area (TPSA) is 68.0 Å². The van der Waals surface area contributed by atoms with Crippen LogP contribution in [-0.4, -0.2) is 25.4 Å². The fourth-order valence-electron chi connectivity index (χ4n) is 4.01. The van der Waals surface area contributed by atoms with Gasteiger partial charge >= 0.3 is 6.18 Å². The van der Waals surface area contributed by atoms with Gasteiger partial charge in [-0.15, -0.1) is 0 Å². The first-order chi connectivity index (χ1) is 15.3. The Morgan fingerprint density at radius 3 is 2.24 bits per heavy atom. The van der Waals surface area contributed by atoms with Crippen molar-refractivity contribution >= 4 is 16.9 Å². The molecule has 2 heterocycles. The van der Waals surface area contributed by atoms with Crippen LogP contribution < -0.4 is 0 Å². The first kappa shape index (κ1) is 24.9. The van der Waals surface area contributed by atoms with Crippen LogP contribution in [0, 0.1) is 0 Å². The molecular weight excluding hydrogens is 431 g/mol. The number of carbonyl (C=O) groups is 1. The number of pyridine rings is 1. The standard InChI is InChI=1S/C25H30F3N3O2/c1-23(2,3)31-21(29-19-14-15-20(25(26,27)28)30-22(19)31)13-9-8-12-18(32)16-24(4,33)17-10-6-5-7-11-17/h5-7,10-11,14-15,33H,8-9,12-13,16H2,1-4H3/t24-/m0/s1. The highest BCUT2D eigenvalue weighted by molar-refractivity contribution is 5.79. The van der Waals surface area contributed by atoms with Crippen LogP contribution in [0.15, 0.2) is 42.5 Å². The van der Waals surface area contributed by atoms with E-state index in [9.17, 15) is 23.1 Å². The Hall–Kier alpha value is -2.74. The average molecular weight is 462 g/mol. The van der Waals surface area contributed by atoms with Crippen LogP contribution in [0.4, 0.5) is 13.2 Å². The van der Waals surface area contributed by atoms with E-state index >= 15 is 0 Å². The number of aliphatic hydroxyl groups is 1. The largest absolute Gasteiger partial charge is 0.433 e. The third-order valence-electron chi connectivity index (χ3n) is 5.58. The van der Waals surface area contributed by atoms with Crippen molar-refractivity contribution in [2.45, 2.75) is 77.1 Å². The number of aromatic nitrogens is 3. The molecule has 0 aliphatic carbocycles. The maximum absolute atomic E-state index is 13.2. The monoisotopic (exact) mass is 461 g/mol. The summed E-state index contributed by atoms with van der Waals surface area (Å²) >= 11 is 0. The van der Waals surface area contributed by atoms with E-state index in [1.165, 1.54) is 6.07 Å². The van der Waals surface area contributed by atoms with Gasteiger partial charge in [0.1, 0.15) is 22.8 Å². The van der Waals surface area contributed by atoms with Gasteiger partial charge in [-0.2, -0.15) is 13.2 Å². The second-order valence-corrected chi connectivity index (χ2v) is 9.63. The van der Waals surface area contributed by atoms with Crippen molar-refractivity contribution in [1.29, 1.82) is 0 Å². The molecule has 3 rings (SSSR count). The highest BCUT2D eigenvalue weighted by Crippen LogP contribution is 2.31. The van der Waals surface area contributed by atoms with Crippen molar-refractivity contribution in [3.63, 3.8) is 0 Å². The Balaban J connectivity index is 1.67. The zero-order valence-electron chi connectivity index (χ0n) is 19.4. The zero-order valence-corrected chi connectivity index (χ0v) is 19.4. The van der Waals surface area contributed by atoms with Crippen LogP contribution >= 0.6 is 0 Å². The molecule has 0 unspecified atom stereocenters. The molecule has 1 aromatic carbocycles. The van der Waals surface area contributed by atoms with Gasteiger partial charge in [-0.3, -0.25) is 4.79 Å². The molecule has 0 saturated carbocycles. The molecule has 178 valence electrons. The normalized spacial score (nSPS) is 14.4. The second-order valence-electron chi connectivity index (χ2n) is 9.63. The lowest BCUT2D eigenvalue weighted by Crippen LogP contribution is -2.25. The van der Waals surface area contributed by atoms with Gasteiger partial charge in [0.15, 0.2) is 5.65 Å². The summed E-state index contributed by atoms with van der Waals surface area (Å²) in [5.41, 5.74) is -1.34. The number of benzene rings is 1. The van der Waals surface area contributed by atoms with Crippen molar-refractivity contribution in [2.75, 3.05) is 0 Å². The molecule has 0 fully saturated rings. The smallest absolute Gasteiger partial charge is 0.385 e. The number of carbonyl (C=O) groups excluding carboxylic acids is 1. The Morgan fingerprint density at radius 1 is 0.970 bits per heavy atom. The van der Waals surface area contributed by atoms with Crippen molar-refractivity contribution in [1.82, 2.24) is 14.5 Å². The van der Waals surface area contributed by atoms with Crippen LogP contribution in [0.5, 0.6) is 0 Å². The van der Waals surface area contributed by atoms with E-state index < -0.39 is 23.0 Å². The third-order valence-corrected chi connectivity index (χ3v) is 5.58. The van der Waals surface area contributed by atoms with Gasteiger partial charge in [-0.05, 0) is 58.2 Å². The molecule has 1 N–H and O–H groups in total. The van der Waals surface area contributed by atoms with E-state index in [4.69, 9.17) is 0 Å². The van der Waals surface area contributed by atoms with E-state index in [0.29, 0.717) is 42.6 Å². The molecule has 0 amide bonds. The van der Waals surface area contributed by atoms with Gasteiger partial charge in [0.05, 0.1) is 5.60 Å². The van der Waals surface area contributed by atoms with Crippen LogP contribution in [0.1, 0.15) is 70.5 Å². The molecule has 3 aromatic rings. The number of hydrogen-bond donors (Lipinski definition) is 1. The molecule has 5 nitrogen and oxygen atoms in total. The predicted octanol–water partition coefficient (Wildman–Crippen LogP) is 5.78. The number of alkyl halides is 3. The molecule has 0 aliphatic rings. The molecule has 2 aromatic heterocycles. The Morgan fingerprint density at radius 2 is 1.64 bits per heavy atom. The maximum Gasteiger partial charge on any atom is 0.433 e. The highest BCUT2D eigenvalue weighted by Gasteiger charge is 2.34. The van der Waals surface area contributed by atoms with Gasteiger partial charge in [0.2, 0.25) is 0 Å². The second kappa shape index (κ2) is 9.25. The van der Waals surface area contributed by atoms with Crippen molar-refractivity contribution in [2.24, 2.45) is 0 Å². The number of nitrogens with zero attached hydrogens (tertiary/aromatic N) is 3. The number of unbranched alkanes of at least 4 members (excludes halogenated alkanes) is 1. The Bertz CT molecular complexity index is 1110. The number of hydrogen-bond acceptors (Lipinski definition) is 4. The number of rotatable bonds is 8. The van der Waals surface area contributed by atoms with Crippen molar-refractivity contribution < 1.29 is 23.1 Å². The first-order valence-electron chi connectivity index (χ1n) is 11.0. The summed E-state index contributed by atoms with van der Waals surface area (Å²) in [5.74, 6) is 0.609. The zero-order chi connectivity index (χ0) is 24.4. The quantitative estimate of drug-likeness (QED) is 0.432. The van der Waals surface area contributed by atoms with E-state index in [1.54, 1.807) is 23.6 Å². The summed E-state index contributed by atoms with van der Waals surface area (Å²) in [4.78, 5) is 20.8. The number of fused-ring (bicyclic) bond motifs is 1. The van der Waals surface area contributed by atoms with Crippen molar-refractivity contribution in [3.8, 4) is 0 Å². The number of aryl methyl sites for hydroxylation is 1. The lowest BCUT2D eigenvalue weighted by Gasteiger charge is -2.24. The van der Waals surface area contributed by atoms with Crippen molar-refractivity contribution in [3.05, 3.63) is 59.5 Å². The minimum absolute atomic E-state index is 0.0294. The SMILES string of the molecule is CC(C)(C)n1c(CCCCC(=O)C[C@](C)(O)c2ccccc2)nc2ccc(C(F)(F)F)nc21. The lowest BCUT2D eigenvalue weighted by atomic mass is 9.89. The fourth-order valence-corrected chi connectivity index (χ4v) is 4.01. The van der Waals surface area contributed by atoms with Crippen LogP contribution in [0.25, 0.3) is 11.2 Å². The third kappa shape index (κ3) is 5.99. The van der Waals surface area contributed by atoms with E-state index in [1.807, 2.05) is 39.0 Å². The van der Waals surface area contributed by atoms with Gasteiger partial charge in [0, 0.05) is 24.8 Å². The predicted molar refractivity (Wildman–Crippen MR) is 121 cm³/mol. The van der Waals surface area contributed by atoms with Crippen LogP contribution in [0.3, 0.4) is 0 Å². The minimum Gasteiger partial charge on any atom is -0.385 e. The molecule has 1 atom stereocenters. The molecule has 0 aliphatic heterocycles. The molecular formula is C25H30F3N3O2. The van der Waals surface area contributed by atoms with Crippen LogP contribution in [-0.2, 0) is 28.5 Å². The number of Topliss-reactive ketones (excluding diaryl/α,β-unsaturated/α-hetero) is 1. The summed E-state index contributed by atoms with van der Waals surface area (Å²) in [6.07, 6.45) is -2.43. The number of imidazole rings is 1. The first-order valence-corrected chi connectivity index (χ1v) is 11.0. The molecule has 0 spiro atoms. The van der Waals surface area contributed by atoms with Gasteiger partial charge in [0.25, 0.3) is 0 Å².